The van der Waals surface area contributed by atoms with Crippen LogP contribution in [0, 0.1) is 0 Å². The number of piperazine rings is 1. The van der Waals surface area contributed by atoms with Crippen LogP contribution in [0.1, 0.15) is 10.4 Å². The molecule has 1 amide bonds. The summed E-state index contributed by atoms with van der Waals surface area (Å²) in [5.74, 6) is 1.55. The molecule has 0 radical (unpaired) electrons. The Morgan fingerprint density at radius 1 is 0.969 bits per heavy atom. The number of nitrogens with zero attached hydrogens (tertiary/aromatic N) is 5. The van der Waals surface area contributed by atoms with E-state index in [1.165, 1.54) is 0 Å². The molecule has 2 aromatic carbocycles. The number of rotatable bonds is 4. The number of ether oxygens (including phenoxy) is 1. The van der Waals surface area contributed by atoms with E-state index < -0.39 is 0 Å². The van der Waals surface area contributed by atoms with Crippen molar-refractivity contribution in [2.45, 2.75) is 0 Å². The molecule has 0 saturated carbocycles. The van der Waals surface area contributed by atoms with Gasteiger partial charge >= 0.3 is 0 Å². The van der Waals surface area contributed by atoms with Crippen LogP contribution in [0.4, 0.5) is 5.69 Å². The second-order valence-corrected chi connectivity index (χ2v) is 8.09. The third-order valence-electron chi connectivity index (χ3n) is 5.74. The van der Waals surface area contributed by atoms with Gasteiger partial charge in [-0.3, -0.25) is 9.20 Å². The fraction of sp³-hybridized carbons (Fsp3) is 0.208. The van der Waals surface area contributed by atoms with E-state index in [2.05, 4.69) is 21.2 Å². The molecule has 0 unspecified atom stereocenters. The fourth-order valence-corrected chi connectivity index (χ4v) is 4.10. The first kappa shape index (κ1) is 20.3. The maximum absolute atomic E-state index is 13.1. The highest BCUT2D eigenvalue weighted by Gasteiger charge is 2.23. The number of methoxy groups -OCH3 is 1. The molecular weight excluding hydrogens is 426 g/mol. The van der Waals surface area contributed by atoms with Crippen molar-refractivity contribution in [3.8, 4) is 17.1 Å². The standard InChI is InChI=1S/C24H22ClN5O2/c1-32-21-4-2-3-20(16-21)28-11-13-29(14-12-28)24(31)18-9-10-30-22(15-18)26-27-23(30)17-5-7-19(25)8-6-17/h2-10,15-16H,11-14H2,1H3. The van der Waals surface area contributed by atoms with Crippen LogP contribution in [0.2, 0.25) is 5.02 Å². The van der Waals surface area contributed by atoms with Gasteiger partial charge in [0, 0.05) is 60.3 Å². The van der Waals surface area contributed by atoms with E-state index in [9.17, 15) is 4.79 Å². The predicted octanol–water partition coefficient (Wildman–Crippen LogP) is 4.02. The number of halogens is 1. The zero-order chi connectivity index (χ0) is 22.1. The molecule has 0 atom stereocenters. The third kappa shape index (κ3) is 3.87. The average molecular weight is 448 g/mol. The Bertz CT molecular complexity index is 1260. The number of pyridine rings is 1. The van der Waals surface area contributed by atoms with Crippen molar-refractivity contribution < 1.29 is 9.53 Å². The zero-order valence-electron chi connectivity index (χ0n) is 17.6. The maximum atomic E-state index is 13.1. The summed E-state index contributed by atoms with van der Waals surface area (Å²) in [6.07, 6.45) is 1.85. The largest absolute Gasteiger partial charge is 0.497 e. The SMILES string of the molecule is COc1cccc(N2CCN(C(=O)c3ccn4c(-c5ccc(Cl)cc5)nnc4c3)CC2)c1. The third-order valence-corrected chi connectivity index (χ3v) is 6.00. The lowest BCUT2D eigenvalue weighted by atomic mass is 10.2. The number of carbonyl (C=O) groups excluding carboxylic acids is 1. The van der Waals surface area contributed by atoms with Crippen LogP contribution in [0.25, 0.3) is 17.0 Å². The Morgan fingerprint density at radius 3 is 2.50 bits per heavy atom. The van der Waals surface area contributed by atoms with Gasteiger partial charge in [0.05, 0.1) is 7.11 Å². The zero-order valence-corrected chi connectivity index (χ0v) is 18.4. The van der Waals surface area contributed by atoms with Crippen LogP contribution >= 0.6 is 11.6 Å². The Balaban J connectivity index is 1.30. The van der Waals surface area contributed by atoms with E-state index in [0.717, 1.165) is 30.1 Å². The van der Waals surface area contributed by atoms with Crippen molar-refractivity contribution in [1.29, 1.82) is 0 Å². The van der Waals surface area contributed by atoms with Crippen molar-refractivity contribution >= 4 is 28.8 Å². The molecule has 0 bridgehead atoms. The Hall–Kier alpha value is -3.58. The number of fused-ring (bicyclic) bond motifs is 1. The molecule has 3 heterocycles. The normalized spacial score (nSPS) is 14.1. The fourth-order valence-electron chi connectivity index (χ4n) is 3.98. The molecule has 162 valence electrons. The van der Waals surface area contributed by atoms with Crippen molar-refractivity contribution in [1.82, 2.24) is 19.5 Å². The lowest BCUT2D eigenvalue weighted by molar-refractivity contribution is 0.0746. The molecule has 0 N–H and O–H groups in total. The van der Waals surface area contributed by atoms with Crippen LogP contribution < -0.4 is 9.64 Å². The van der Waals surface area contributed by atoms with Crippen LogP contribution in [-0.4, -0.2) is 58.7 Å². The first-order valence-electron chi connectivity index (χ1n) is 10.4. The minimum absolute atomic E-state index is 0.00818. The second-order valence-electron chi connectivity index (χ2n) is 7.65. The number of benzene rings is 2. The van der Waals surface area contributed by atoms with E-state index in [1.807, 2.05) is 64.0 Å². The van der Waals surface area contributed by atoms with Gasteiger partial charge in [-0.1, -0.05) is 17.7 Å². The van der Waals surface area contributed by atoms with E-state index >= 15 is 0 Å². The summed E-state index contributed by atoms with van der Waals surface area (Å²) >= 11 is 5.98. The van der Waals surface area contributed by atoms with E-state index in [1.54, 1.807) is 13.2 Å². The summed E-state index contributed by atoms with van der Waals surface area (Å²) in [6, 6.07) is 19.1. The number of hydrogen-bond acceptors (Lipinski definition) is 5. The Morgan fingerprint density at radius 2 is 1.75 bits per heavy atom. The van der Waals surface area contributed by atoms with Gasteiger partial charge in [-0.15, -0.1) is 10.2 Å². The lowest BCUT2D eigenvalue weighted by Gasteiger charge is -2.36. The first-order chi connectivity index (χ1) is 15.6. The Kier molecular flexibility index (Phi) is 5.41. The molecule has 1 fully saturated rings. The molecule has 1 aliphatic heterocycles. The number of aromatic nitrogens is 3. The molecule has 0 spiro atoms. The molecule has 7 nitrogen and oxygen atoms in total. The molecule has 1 aliphatic rings. The minimum Gasteiger partial charge on any atom is -0.497 e. The number of amides is 1. The summed E-state index contributed by atoms with van der Waals surface area (Å²) < 4.78 is 7.20. The molecule has 32 heavy (non-hydrogen) atoms. The lowest BCUT2D eigenvalue weighted by Crippen LogP contribution is -2.48. The van der Waals surface area contributed by atoms with Gasteiger partial charge in [0.1, 0.15) is 5.75 Å². The van der Waals surface area contributed by atoms with Gasteiger partial charge in [0.25, 0.3) is 5.91 Å². The van der Waals surface area contributed by atoms with Crippen molar-refractivity contribution in [2.24, 2.45) is 0 Å². The topological polar surface area (TPSA) is 63.0 Å². The van der Waals surface area contributed by atoms with Crippen molar-refractivity contribution in [2.75, 3.05) is 38.2 Å². The molecule has 5 rings (SSSR count). The van der Waals surface area contributed by atoms with Crippen LogP contribution in [-0.2, 0) is 0 Å². The summed E-state index contributed by atoms with van der Waals surface area (Å²) in [5.41, 5.74) is 3.27. The minimum atomic E-state index is 0.00818. The molecule has 8 heteroatoms. The molecule has 0 aliphatic carbocycles. The molecule has 2 aromatic heterocycles. The number of anilines is 1. The van der Waals surface area contributed by atoms with E-state index in [-0.39, 0.29) is 5.91 Å². The monoisotopic (exact) mass is 447 g/mol. The Labute approximate surface area is 190 Å². The summed E-state index contributed by atoms with van der Waals surface area (Å²) in [4.78, 5) is 17.3. The highest BCUT2D eigenvalue weighted by Crippen LogP contribution is 2.24. The second kappa shape index (κ2) is 8.51. The summed E-state index contributed by atoms with van der Waals surface area (Å²) in [6.45, 7) is 2.85. The van der Waals surface area contributed by atoms with Gasteiger partial charge in [-0.05, 0) is 48.5 Å². The van der Waals surface area contributed by atoms with Crippen LogP contribution in [0.3, 0.4) is 0 Å². The van der Waals surface area contributed by atoms with E-state index in [0.29, 0.717) is 35.1 Å². The smallest absolute Gasteiger partial charge is 0.254 e. The molecule has 4 aromatic rings. The van der Waals surface area contributed by atoms with Gasteiger partial charge in [0.2, 0.25) is 0 Å². The van der Waals surface area contributed by atoms with Crippen LogP contribution in [0.15, 0.2) is 66.9 Å². The quantitative estimate of drug-likeness (QED) is 0.473. The van der Waals surface area contributed by atoms with Crippen LogP contribution in [0.5, 0.6) is 5.75 Å². The van der Waals surface area contributed by atoms with Gasteiger partial charge < -0.3 is 14.5 Å². The number of hydrogen-bond donors (Lipinski definition) is 0. The van der Waals surface area contributed by atoms with Gasteiger partial charge in [-0.25, -0.2) is 0 Å². The first-order valence-corrected chi connectivity index (χ1v) is 10.8. The molecule has 1 saturated heterocycles. The highest BCUT2D eigenvalue weighted by atomic mass is 35.5. The summed E-state index contributed by atoms with van der Waals surface area (Å²) in [7, 11) is 1.67. The number of carbonyl (C=O) groups is 1. The van der Waals surface area contributed by atoms with Gasteiger partial charge in [-0.2, -0.15) is 0 Å². The van der Waals surface area contributed by atoms with Crippen molar-refractivity contribution in [3.63, 3.8) is 0 Å². The molecular formula is C24H22ClN5O2. The maximum Gasteiger partial charge on any atom is 0.254 e. The summed E-state index contributed by atoms with van der Waals surface area (Å²) in [5, 5.41) is 9.23. The highest BCUT2D eigenvalue weighted by molar-refractivity contribution is 6.30. The van der Waals surface area contributed by atoms with Gasteiger partial charge in [0.15, 0.2) is 11.5 Å². The average Bonchev–Trinajstić information content (AvgIpc) is 3.27. The van der Waals surface area contributed by atoms with E-state index in [4.69, 9.17) is 16.3 Å². The predicted molar refractivity (Wildman–Crippen MR) is 125 cm³/mol. The van der Waals surface area contributed by atoms with Crippen molar-refractivity contribution in [3.05, 3.63) is 77.4 Å².